The van der Waals surface area contributed by atoms with Crippen LogP contribution in [0.25, 0.3) is 0 Å². The second-order valence-corrected chi connectivity index (χ2v) is 21.0. The van der Waals surface area contributed by atoms with Gasteiger partial charge in [0.1, 0.15) is 54.4 Å². The molecular weight excluding hydrogens is 1070 g/mol. The van der Waals surface area contributed by atoms with E-state index in [1.807, 2.05) is 0 Å². The zero-order valence-electron chi connectivity index (χ0n) is 48.8. The van der Waals surface area contributed by atoms with E-state index in [0.29, 0.717) is 38.6 Å². The molecule has 9 amide bonds. The van der Waals surface area contributed by atoms with Gasteiger partial charge in [0, 0.05) is 19.4 Å². The van der Waals surface area contributed by atoms with E-state index < -0.39 is 156 Å². The van der Waals surface area contributed by atoms with Crippen molar-refractivity contribution in [2.24, 2.45) is 51.4 Å². The molecule has 0 aliphatic heterocycles. The van der Waals surface area contributed by atoms with Crippen LogP contribution in [-0.2, 0) is 57.5 Å². The van der Waals surface area contributed by atoms with Gasteiger partial charge >= 0.3 is 17.9 Å². The number of hydrogen-bond acceptors (Lipinski definition) is 16. The third-order valence-electron chi connectivity index (χ3n) is 13.4. The lowest BCUT2D eigenvalue weighted by Crippen LogP contribution is -2.61. The van der Waals surface area contributed by atoms with Gasteiger partial charge in [0.15, 0.2) is 5.96 Å². The lowest BCUT2D eigenvalue weighted by Gasteiger charge is -2.29. The van der Waals surface area contributed by atoms with E-state index in [1.165, 1.54) is 13.8 Å². The van der Waals surface area contributed by atoms with E-state index in [2.05, 4.69) is 52.8 Å². The van der Waals surface area contributed by atoms with Crippen molar-refractivity contribution in [3.63, 3.8) is 0 Å². The van der Waals surface area contributed by atoms with Gasteiger partial charge in [0.05, 0.1) is 6.04 Å². The van der Waals surface area contributed by atoms with E-state index in [1.54, 1.807) is 41.5 Å². The van der Waals surface area contributed by atoms with Crippen molar-refractivity contribution in [2.75, 3.05) is 19.6 Å². The summed E-state index contributed by atoms with van der Waals surface area (Å²) in [6.45, 7) is 13.5. The third kappa shape index (κ3) is 30.0. The highest BCUT2D eigenvalue weighted by Crippen LogP contribution is 2.14. The minimum absolute atomic E-state index is 0.0231. The lowest BCUT2D eigenvalue weighted by molar-refractivity contribution is -0.144. The summed E-state index contributed by atoms with van der Waals surface area (Å²) in [4.78, 5) is 162. The van der Waals surface area contributed by atoms with Crippen LogP contribution in [0.3, 0.4) is 0 Å². The maximum absolute atomic E-state index is 14.2. The van der Waals surface area contributed by atoms with Gasteiger partial charge in [-0.2, -0.15) is 0 Å². The summed E-state index contributed by atoms with van der Waals surface area (Å²) in [6.07, 6.45) is 0.768. The van der Waals surface area contributed by atoms with E-state index >= 15 is 0 Å². The van der Waals surface area contributed by atoms with E-state index in [9.17, 15) is 67.7 Å². The molecular formula is C52H95N15O15. The summed E-state index contributed by atoms with van der Waals surface area (Å²) in [7, 11) is 0. The molecule has 0 bridgehead atoms. The maximum Gasteiger partial charge on any atom is 0.326 e. The molecule has 82 heavy (non-hydrogen) atoms. The highest BCUT2D eigenvalue weighted by molar-refractivity contribution is 5.98. The molecule has 0 fully saturated rings. The zero-order valence-corrected chi connectivity index (χ0v) is 48.8. The van der Waals surface area contributed by atoms with Crippen molar-refractivity contribution >= 4 is 77.0 Å². The maximum atomic E-state index is 14.2. The molecule has 0 aromatic rings. The number of nitrogens with two attached hydrogens (primary N) is 5. The first-order chi connectivity index (χ1) is 38.4. The Balaban J connectivity index is 6.54. The predicted molar refractivity (Wildman–Crippen MR) is 302 cm³/mol. The Hall–Kier alpha value is -7.21. The van der Waals surface area contributed by atoms with Gasteiger partial charge in [-0.1, -0.05) is 54.4 Å². The standard InChI is InChI=1S/C52H95N15O15/c1-9-28(5)40(66-43(73)31(8)60-49(79)37(26-27(3)4)65-42(72)30(7)59-45(75)33(16-11-13-23-53)61-44(74)32(55)19-21-38(68)69)50(80)64-34(17-12-14-24-54)46(76)63-36(20-22-39(70)71)47(77)62-35(18-15-25-58-52(56)57)48(78)67-41(51(81)82)29(6)10-2/h27-37,40-41H,9-26,53-55H2,1-8H3,(H,59,75)(H,60,79)(H,61,74)(H,62,77)(H,63,76)(H,64,80)(H,65,72)(H,66,73)(H,67,78)(H,68,69)(H,70,71)(H,81,82)(H4,56,57,58)/t28-,29-,30-,31-,32-,33-,34-,35-,36-,37-,40-,41-/m0/s1. The Labute approximate surface area is 479 Å². The molecule has 0 heterocycles. The highest BCUT2D eigenvalue weighted by atomic mass is 16.4. The SMILES string of the molecule is CC[C@H](C)[C@H](NC(=O)[C@H](CCCN=C(N)N)NC(=O)[C@H](CCC(=O)O)NC(=O)[C@H](CCCCN)NC(=O)[C@@H](NC(=O)[C@H](C)NC(=O)[C@H](CC(C)C)NC(=O)[C@H](C)NC(=O)[C@H](CCCCN)NC(=O)[C@@H](N)CCC(=O)O)[C@@H](C)CC)C(=O)O. The van der Waals surface area contributed by atoms with Crippen molar-refractivity contribution in [2.45, 2.75) is 212 Å². The first kappa shape index (κ1) is 74.8. The van der Waals surface area contributed by atoms with Crippen molar-refractivity contribution in [3.05, 3.63) is 0 Å². The Morgan fingerprint density at radius 2 is 0.793 bits per heavy atom. The van der Waals surface area contributed by atoms with Gasteiger partial charge in [-0.3, -0.25) is 57.7 Å². The Bertz CT molecular complexity index is 2150. The number of carbonyl (C=O) groups excluding carboxylic acids is 9. The van der Waals surface area contributed by atoms with Gasteiger partial charge in [0.2, 0.25) is 53.2 Å². The fourth-order valence-electron chi connectivity index (χ4n) is 8.00. The molecule has 0 spiro atoms. The number of rotatable bonds is 43. The quantitative estimate of drug-likeness (QED) is 0.0164. The minimum atomic E-state index is -1.61. The number of hydrogen-bond donors (Lipinski definition) is 17. The average Bonchev–Trinajstić information content (AvgIpc) is 3.47. The number of unbranched alkanes of at least 4 members (excludes halogenated alkanes) is 2. The molecule has 0 unspecified atom stereocenters. The molecule has 0 aromatic carbocycles. The zero-order chi connectivity index (χ0) is 62.8. The molecule has 30 heteroatoms. The Morgan fingerprint density at radius 1 is 0.427 bits per heavy atom. The number of carbonyl (C=O) groups is 12. The number of carboxylic acid groups (broad SMARTS) is 3. The van der Waals surface area contributed by atoms with Crippen LogP contribution in [-0.4, -0.2) is 172 Å². The second-order valence-electron chi connectivity index (χ2n) is 21.0. The fourth-order valence-corrected chi connectivity index (χ4v) is 8.00. The van der Waals surface area contributed by atoms with Gasteiger partial charge < -0.3 is 91.8 Å². The highest BCUT2D eigenvalue weighted by Gasteiger charge is 2.36. The Morgan fingerprint density at radius 3 is 1.23 bits per heavy atom. The van der Waals surface area contributed by atoms with Gasteiger partial charge in [0.25, 0.3) is 0 Å². The second kappa shape index (κ2) is 40.1. The monoisotopic (exact) mass is 1170 g/mol. The van der Waals surface area contributed by atoms with E-state index in [0.717, 1.165) is 0 Å². The Kier molecular flexibility index (Phi) is 36.5. The summed E-state index contributed by atoms with van der Waals surface area (Å²) in [6, 6.07) is -13.3. The average molecular weight is 1170 g/mol. The largest absolute Gasteiger partial charge is 0.481 e. The lowest BCUT2D eigenvalue weighted by atomic mass is 9.97. The molecule has 0 aromatic heterocycles. The molecule has 12 atom stereocenters. The molecule has 30 nitrogen and oxygen atoms in total. The smallest absolute Gasteiger partial charge is 0.326 e. The minimum Gasteiger partial charge on any atom is -0.481 e. The molecule has 0 aliphatic rings. The molecule has 0 saturated carbocycles. The van der Waals surface area contributed by atoms with Gasteiger partial charge in [-0.05, 0) is 115 Å². The number of nitrogens with one attached hydrogen (secondary N) is 9. The summed E-state index contributed by atoms with van der Waals surface area (Å²) >= 11 is 0. The van der Waals surface area contributed by atoms with Crippen LogP contribution >= 0.6 is 0 Å². The topological polar surface area (TPSA) is 516 Å². The van der Waals surface area contributed by atoms with Crippen LogP contribution in [0, 0.1) is 17.8 Å². The van der Waals surface area contributed by atoms with Crippen molar-refractivity contribution in [1.82, 2.24) is 47.9 Å². The number of aliphatic carboxylic acids is 3. The molecule has 0 saturated heterocycles. The number of aliphatic imine (C=N–C) groups is 1. The van der Waals surface area contributed by atoms with Crippen LogP contribution in [0.1, 0.15) is 152 Å². The molecule has 0 radical (unpaired) electrons. The molecule has 0 rings (SSSR count). The van der Waals surface area contributed by atoms with Crippen molar-refractivity contribution < 1.29 is 72.9 Å². The van der Waals surface area contributed by atoms with Gasteiger partial charge in [-0.25, -0.2) is 4.79 Å². The van der Waals surface area contributed by atoms with Crippen LogP contribution in [0.4, 0.5) is 0 Å². The molecule has 22 N–H and O–H groups in total. The van der Waals surface area contributed by atoms with Crippen LogP contribution in [0.5, 0.6) is 0 Å². The number of guanidine groups is 1. The number of nitrogens with zero attached hydrogens (tertiary/aromatic N) is 1. The molecule has 468 valence electrons. The molecule has 0 aliphatic carbocycles. The predicted octanol–water partition coefficient (Wildman–Crippen LogP) is -3.02. The van der Waals surface area contributed by atoms with Crippen LogP contribution < -0.4 is 76.5 Å². The van der Waals surface area contributed by atoms with Crippen molar-refractivity contribution in [1.29, 1.82) is 0 Å². The van der Waals surface area contributed by atoms with E-state index in [4.69, 9.17) is 33.8 Å². The summed E-state index contributed by atoms with van der Waals surface area (Å²) < 4.78 is 0. The van der Waals surface area contributed by atoms with Gasteiger partial charge in [-0.15, -0.1) is 0 Å². The summed E-state index contributed by atoms with van der Waals surface area (Å²) in [5.41, 5.74) is 28.1. The van der Waals surface area contributed by atoms with Crippen LogP contribution in [0.15, 0.2) is 4.99 Å². The first-order valence-corrected chi connectivity index (χ1v) is 28.0. The number of carboxylic acids is 3. The summed E-state index contributed by atoms with van der Waals surface area (Å²) in [5.74, 6) is -12.9. The van der Waals surface area contributed by atoms with Crippen molar-refractivity contribution in [3.8, 4) is 0 Å². The van der Waals surface area contributed by atoms with Crippen LogP contribution in [0.2, 0.25) is 0 Å². The summed E-state index contributed by atoms with van der Waals surface area (Å²) in [5, 5.41) is 51.3. The first-order valence-electron chi connectivity index (χ1n) is 28.0. The van der Waals surface area contributed by atoms with E-state index in [-0.39, 0.29) is 76.3 Å². The fraction of sp³-hybridized carbons (Fsp3) is 0.750. The normalized spacial score (nSPS) is 15.5. The number of amides is 9. The third-order valence-corrected chi connectivity index (χ3v) is 13.4.